The average molecular weight is 606 g/mol. The number of fused-ring (bicyclic) bond motifs is 1. The molecule has 0 aliphatic carbocycles. The van der Waals surface area contributed by atoms with E-state index in [1.807, 2.05) is 68.4 Å². The highest BCUT2D eigenvalue weighted by Gasteiger charge is 2.29. The summed E-state index contributed by atoms with van der Waals surface area (Å²) >= 11 is 6.62. The van der Waals surface area contributed by atoms with Gasteiger partial charge in [0, 0.05) is 24.3 Å². The summed E-state index contributed by atoms with van der Waals surface area (Å²) in [6, 6.07) is 18.6. The van der Waals surface area contributed by atoms with Gasteiger partial charge in [0.05, 0.1) is 28.8 Å². The van der Waals surface area contributed by atoms with Crippen molar-refractivity contribution in [2.75, 3.05) is 13.1 Å². The topological polar surface area (TPSA) is 97.9 Å². The normalized spacial score (nSPS) is 12.3. The number of aromatic nitrogens is 3. The van der Waals surface area contributed by atoms with Crippen molar-refractivity contribution < 1.29 is 14.3 Å². The number of halogens is 1. The number of hydrogen-bond acceptors (Lipinski definition) is 5. The van der Waals surface area contributed by atoms with Crippen LogP contribution in [0, 0.1) is 13.8 Å². The molecule has 0 fully saturated rings. The molecule has 0 radical (unpaired) electrons. The minimum Gasteiger partial charge on any atom is -0.444 e. The molecule has 0 saturated heterocycles. The fraction of sp³-hybridized carbons (Fsp3) is 0.394. The molecule has 2 aromatic heterocycles. The van der Waals surface area contributed by atoms with E-state index in [0.717, 1.165) is 11.1 Å². The maximum absolute atomic E-state index is 14.2. The highest BCUT2D eigenvalue weighted by molar-refractivity contribution is 6.34. The van der Waals surface area contributed by atoms with E-state index in [2.05, 4.69) is 10.4 Å². The summed E-state index contributed by atoms with van der Waals surface area (Å²) in [5.41, 5.74) is 3.22. The number of nitrogens with zero attached hydrogens (tertiary/aromatic N) is 4. The molecule has 4 rings (SSSR count). The smallest absolute Gasteiger partial charge is 0.407 e. The van der Waals surface area contributed by atoms with Crippen molar-refractivity contribution in [3.8, 4) is 0 Å². The monoisotopic (exact) mass is 605 g/mol. The second-order valence-electron chi connectivity index (χ2n) is 11.7. The maximum Gasteiger partial charge on any atom is 0.407 e. The second-order valence-corrected chi connectivity index (χ2v) is 12.1. The molecule has 0 bridgehead atoms. The average Bonchev–Trinajstić information content (AvgIpc) is 3.24. The predicted molar refractivity (Wildman–Crippen MR) is 169 cm³/mol. The molecule has 2 amide bonds. The Morgan fingerprint density at radius 2 is 1.79 bits per heavy atom. The number of aryl methyl sites for hydroxylation is 2. The molecule has 2 heterocycles. The fourth-order valence-electron chi connectivity index (χ4n) is 5.13. The minimum atomic E-state index is -0.612. The van der Waals surface area contributed by atoms with Gasteiger partial charge in [0.15, 0.2) is 0 Å². The van der Waals surface area contributed by atoms with E-state index < -0.39 is 17.7 Å². The molecule has 43 heavy (non-hydrogen) atoms. The Hall–Kier alpha value is -4.11. The molecule has 1 atom stereocenters. The first-order valence-electron chi connectivity index (χ1n) is 14.6. The molecule has 1 N–H and O–H groups in total. The van der Waals surface area contributed by atoms with Crippen LogP contribution in [-0.4, -0.2) is 49.8 Å². The van der Waals surface area contributed by atoms with E-state index >= 15 is 0 Å². The van der Waals surface area contributed by atoms with Crippen LogP contribution in [0.25, 0.3) is 5.52 Å². The third kappa shape index (κ3) is 7.65. The van der Waals surface area contributed by atoms with Crippen LogP contribution in [0.5, 0.6) is 0 Å². The Kier molecular flexibility index (Phi) is 9.96. The van der Waals surface area contributed by atoms with Crippen LogP contribution < -0.4 is 11.0 Å². The summed E-state index contributed by atoms with van der Waals surface area (Å²) < 4.78 is 8.37. The van der Waals surface area contributed by atoms with Gasteiger partial charge in [-0.2, -0.15) is 9.61 Å². The number of alkyl carbamates (subject to hydrolysis) is 1. The zero-order valence-corrected chi connectivity index (χ0v) is 26.4. The van der Waals surface area contributed by atoms with Gasteiger partial charge in [-0.1, -0.05) is 66.6 Å². The van der Waals surface area contributed by atoms with Gasteiger partial charge in [-0.05, 0) is 71.2 Å². The fourth-order valence-corrected chi connectivity index (χ4v) is 5.30. The molecule has 2 aromatic carbocycles. The van der Waals surface area contributed by atoms with E-state index in [1.165, 1.54) is 4.52 Å². The van der Waals surface area contributed by atoms with Gasteiger partial charge in [0.25, 0.3) is 5.91 Å². The molecule has 0 saturated carbocycles. The number of carbonyl (C=O) groups is 2. The first kappa shape index (κ1) is 31.8. The number of nitrogens with one attached hydrogen (secondary N) is 1. The summed E-state index contributed by atoms with van der Waals surface area (Å²) in [5.74, 6) is -0.165. The van der Waals surface area contributed by atoms with Gasteiger partial charge in [-0.25, -0.2) is 9.59 Å². The first-order valence-corrected chi connectivity index (χ1v) is 14.9. The van der Waals surface area contributed by atoms with Crippen molar-refractivity contribution in [2.45, 2.75) is 72.6 Å². The zero-order valence-electron chi connectivity index (χ0n) is 25.7. The Morgan fingerprint density at radius 1 is 1.07 bits per heavy atom. The largest absolute Gasteiger partial charge is 0.444 e. The van der Waals surface area contributed by atoms with Gasteiger partial charge in [0.2, 0.25) is 0 Å². The third-order valence-corrected chi connectivity index (χ3v) is 7.55. The van der Waals surface area contributed by atoms with E-state index in [0.29, 0.717) is 60.0 Å². The molecule has 10 heteroatoms. The predicted octanol–water partition coefficient (Wildman–Crippen LogP) is 6.32. The SMILES string of the molecule is CC[C@H](c1cc2c(Cl)c(C)nn2c(=O)n1Cc1ccccc1)N(CCCNC(=O)OC(C)(C)C)C(=O)c1cccc(C)c1. The van der Waals surface area contributed by atoms with Crippen molar-refractivity contribution in [1.82, 2.24) is 24.4 Å². The quantitative estimate of drug-likeness (QED) is 0.213. The van der Waals surface area contributed by atoms with Gasteiger partial charge in [0.1, 0.15) is 5.60 Å². The first-order chi connectivity index (χ1) is 20.4. The molecule has 0 aliphatic heterocycles. The van der Waals surface area contributed by atoms with Gasteiger partial charge in [-0.3, -0.25) is 9.36 Å². The van der Waals surface area contributed by atoms with Crippen molar-refractivity contribution in [3.63, 3.8) is 0 Å². The summed E-state index contributed by atoms with van der Waals surface area (Å²) in [4.78, 5) is 42.1. The number of hydrogen-bond donors (Lipinski definition) is 1. The number of rotatable bonds is 10. The molecule has 0 unspecified atom stereocenters. The Bertz CT molecular complexity index is 1660. The standard InChI is InChI=1S/C33H40ClN5O4/c1-7-26(27-20-28-29(34)23(3)36-39(28)32(42)38(27)21-24-14-9-8-10-15-24)37(30(40)25-16-11-13-22(2)19-25)18-12-17-35-31(41)43-33(4,5)6/h8-11,13-16,19-20,26H,7,12,17-18,21H2,1-6H3,(H,35,41)/t26-/m1/s1. The van der Waals surface area contributed by atoms with Crippen LogP contribution in [0.1, 0.15) is 79.5 Å². The lowest BCUT2D eigenvalue weighted by Gasteiger charge is -2.33. The highest BCUT2D eigenvalue weighted by atomic mass is 35.5. The van der Waals surface area contributed by atoms with Crippen LogP contribution in [0.2, 0.25) is 5.02 Å². The molecule has 4 aromatic rings. The maximum atomic E-state index is 14.2. The molecule has 228 valence electrons. The number of carbonyl (C=O) groups excluding carboxylic acids is 2. The Morgan fingerprint density at radius 3 is 2.44 bits per heavy atom. The van der Waals surface area contributed by atoms with E-state index in [-0.39, 0.29) is 11.6 Å². The van der Waals surface area contributed by atoms with Crippen molar-refractivity contribution in [2.24, 2.45) is 0 Å². The van der Waals surface area contributed by atoms with E-state index in [1.54, 1.807) is 43.2 Å². The number of benzene rings is 2. The summed E-state index contributed by atoms with van der Waals surface area (Å²) in [6.45, 7) is 12.1. The minimum absolute atomic E-state index is 0.165. The van der Waals surface area contributed by atoms with Crippen molar-refractivity contribution >= 4 is 29.1 Å². The van der Waals surface area contributed by atoms with Crippen molar-refractivity contribution in [3.05, 3.63) is 104 Å². The van der Waals surface area contributed by atoms with Crippen LogP contribution in [0.4, 0.5) is 4.79 Å². The number of ether oxygens (including phenoxy) is 1. The highest BCUT2D eigenvalue weighted by Crippen LogP contribution is 2.30. The number of amides is 2. The van der Waals surface area contributed by atoms with Crippen LogP contribution in [0.3, 0.4) is 0 Å². The molecule has 9 nitrogen and oxygen atoms in total. The van der Waals surface area contributed by atoms with Crippen LogP contribution in [0.15, 0.2) is 65.5 Å². The Labute approximate surface area is 257 Å². The lowest BCUT2D eigenvalue weighted by atomic mass is 10.0. The van der Waals surface area contributed by atoms with E-state index in [9.17, 15) is 14.4 Å². The van der Waals surface area contributed by atoms with Gasteiger partial charge >= 0.3 is 11.8 Å². The molecule has 0 aliphatic rings. The van der Waals surface area contributed by atoms with Gasteiger partial charge in [-0.15, -0.1) is 0 Å². The summed E-state index contributed by atoms with van der Waals surface area (Å²) in [5, 5.41) is 7.58. The molecule has 0 spiro atoms. The zero-order chi connectivity index (χ0) is 31.3. The van der Waals surface area contributed by atoms with Crippen LogP contribution >= 0.6 is 11.6 Å². The lowest BCUT2D eigenvalue weighted by Crippen LogP contribution is -2.41. The molecular weight excluding hydrogens is 566 g/mol. The second kappa shape index (κ2) is 13.5. The lowest BCUT2D eigenvalue weighted by molar-refractivity contribution is 0.0523. The van der Waals surface area contributed by atoms with E-state index in [4.69, 9.17) is 16.3 Å². The Balaban J connectivity index is 1.77. The van der Waals surface area contributed by atoms with Crippen molar-refractivity contribution in [1.29, 1.82) is 0 Å². The van der Waals surface area contributed by atoms with Crippen LogP contribution in [-0.2, 0) is 11.3 Å². The summed E-state index contributed by atoms with van der Waals surface area (Å²) in [7, 11) is 0. The molecular formula is C33H40ClN5O4. The summed E-state index contributed by atoms with van der Waals surface area (Å²) in [6.07, 6.45) is 0.501. The third-order valence-electron chi connectivity index (χ3n) is 7.09. The van der Waals surface area contributed by atoms with Gasteiger partial charge < -0.3 is 15.0 Å².